The van der Waals surface area contributed by atoms with Gasteiger partial charge in [-0.25, -0.2) is 0 Å². The SMILES string of the molecule is CN(CCP(=O)(c1ccccc1)c1ccccc1)CCP(=O)(c1ccccc1)c1ccccc1. The molecule has 0 radical (unpaired) electrons. The standard InChI is InChI=1S/C29H31NO2P2/c1-30(22-24-33(31,26-14-6-2-7-15-26)27-16-8-3-9-17-27)23-25-34(32,28-18-10-4-11-19-28)29-20-12-5-13-21-29/h2-21H,22-25H2,1H3. The molecular weight excluding hydrogens is 456 g/mol. The second-order valence-electron chi connectivity index (χ2n) is 8.57. The first-order valence-electron chi connectivity index (χ1n) is 11.6. The van der Waals surface area contributed by atoms with Crippen molar-refractivity contribution in [2.24, 2.45) is 0 Å². The van der Waals surface area contributed by atoms with Gasteiger partial charge in [-0.2, -0.15) is 0 Å². The van der Waals surface area contributed by atoms with Gasteiger partial charge in [-0.3, -0.25) is 0 Å². The van der Waals surface area contributed by atoms with E-state index < -0.39 is 14.3 Å². The van der Waals surface area contributed by atoms with Crippen LogP contribution in [0.5, 0.6) is 0 Å². The molecule has 0 aromatic heterocycles. The van der Waals surface area contributed by atoms with Crippen molar-refractivity contribution < 1.29 is 9.13 Å². The van der Waals surface area contributed by atoms with Crippen LogP contribution in [0.3, 0.4) is 0 Å². The molecule has 0 spiro atoms. The van der Waals surface area contributed by atoms with Crippen molar-refractivity contribution in [3.63, 3.8) is 0 Å². The Balaban J connectivity index is 1.51. The Kier molecular flexibility index (Phi) is 8.01. The molecule has 0 aliphatic rings. The predicted molar refractivity (Wildman–Crippen MR) is 147 cm³/mol. The maximum absolute atomic E-state index is 14.3. The largest absolute Gasteiger partial charge is 0.314 e. The molecule has 0 aliphatic heterocycles. The zero-order valence-electron chi connectivity index (χ0n) is 19.5. The smallest absolute Gasteiger partial charge is 0.144 e. The van der Waals surface area contributed by atoms with Crippen molar-refractivity contribution in [1.29, 1.82) is 0 Å². The lowest BCUT2D eigenvalue weighted by Gasteiger charge is -2.25. The minimum atomic E-state index is -2.77. The van der Waals surface area contributed by atoms with Crippen LogP contribution in [0.2, 0.25) is 0 Å². The summed E-state index contributed by atoms with van der Waals surface area (Å²) in [6.07, 6.45) is 1.08. The fourth-order valence-electron chi connectivity index (χ4n) is 4.22. The Bertz CT molecular complexity index is 1070. The van der Waals surface area contributed by atoms with Crippen LogP contribution in [0.25, 0.3) is 0 Å². The van der Waals surface area contributed by atoms with Crippen LogP contribution in [0.4, 0.5) is 0 Å². The lowest BCUT2D eigenvalue weighted by molar-refractivity contribution is 0.375. The van der Waals surface area contributed by atoms with Crippen LogP contribution >= 0.6 is 14.3 Å². The number of benzene rings is 4. The Labute approximate surface area is 203 Å². The molecule has 4 aromatic rings. The normalized spacial score (nSPS) is 12.1. The molecule has 4 aromatic carbocycles. The number of hydrogen-bond donors (Lipinski definition) is 0. The molecule has 5 heteroatoms. The summed E-state index contributed by atoms with van der Waals surface area (Å²) < 4.78 is 28.6. The molecule has 0 fully saturated rings. The van der Waals surface area contributed by atoms with E-state index in [1.54, 1.807) is 0 Å². The van der Waals surface area contributed by atoms with Gasteiger partial charge in [0.25, 0.3) is 0 Å². The summed E-state index contributed by atoms with van der Waals surface area (Å²) in [5, 5.41) is 3.53. The van der Waals surface area contributed by atoms with Gasteiger partial charge in [-0.15, -0.1) is 0 Å². The molecule has 0 amide bonds. The van der Waals surface area contributed by atoms with E-state index in [1.807, 2.05) is 128 Å². The summed E-state index contributed by atoms with van der Waals surface area (Å²) in [4.78, 5) is 2.16. The zero-order chi connectivity index (χ0) is 23.9. The molecule has 0 saturated heterocycles. The summed E-state index contributed by atoms with van der Waals surface area (Å²) in [5.41, 5.74) is 0. The number of hydrogen-bond acceptors (Lipinski definition) is 3. The Hall–Kier alpha value is -2.70. The molecule has 0 saturated carbocycles. The van der Waals surface area contributed by atoms with Gasteiger partial charge in [-0.1, -0.05) is 121 Å². The van der Waals surface area contributed by atoms with Gasteiger partial charge in [0.1, 0.15) is 14.3 Å². The van der Waals surface area contributed by atoms with E-state index in [9.17, 15) is 9.13 Å². The molecule has 4 rings (SSSR count). The highest BCUT2D eigenvalue weighted by molar-refractivity contribution is 7.79. The van der Waals surface area contributed by atoms with Gasteiger partial charge < -0.3 is 14.0 Å². The molecule has 34 heavy (non-hydrogen) atoms. The molecule has 0 heterocycles. The van der Waals surface area contributed by atoms with Crippen molar-refractivity contribution in [1.82, 2.24) is 4.90 Å². The van der Waals surface area contributed by atoms with Crippen LogP contribution in [0.1, 0.15) is 0 Å². The van der Waals surface area contributed by atoms with Crippen molar-refractivity contribution in [2.45, 2.75) is 0 Å². The molecule has 174 valence electrons. The summed E-state index contributed by atoms with van der Waals surface area (Å²) in [6.45, 7) is 1.31. The van der Waals surface area contributed by atoms with Crippen molar-refractivity contribution in [2.75, 3.05) is 32.5 Å². The summed E-state index contributed by atoms with van der Waals surface area (Å²) in [6, 6.07) is 39.1. The maximum atomic E-state index is 14.3. The van der Waals surface area contributed by atoms with Crippen molar-refractivity contribution in [3.05, 3.63) is 121 Å². The van der Waals surface area contributed by atoms with E-state index in [2.05, 4.69) is 4.90 Å². The first-order chi connectivity index (χ1) is 16.5. The van der Waals surface area contributed by atoms with E-state index in [1.165, 1.54) is 0 Å². The minimum Gasteiger partial charge on any atom is -0.314 e. The van der Waals surface area contributed by atoms with E-state index in [-0.39, 0.29) is 0 Å². The Morgan fingerprint density at radius 1 is 0.471 bits per heavy atom. The van der Waals surface area contributed by atoms with Gasteiger partial charge in [0.2, 0.25) is 0 Å². The lowest BCUT2D eigenvalue weighted by Crippen LogP contribution is -2.31. The van der Waals surface area contributed by atoms with Crippen LogP contribution in [-0.2, 0) is 9.13 Å². The van der Waals surface area contributed by atoms with Crippen LogP contribution < -0.4 is 21.2 Å². The van der Waals surface area contributed by atoms with E-state index in [0.717, 1.165) is 21.2 Å². The van der Waals surface area contributed by atoms with Crippen LogP contribution in [0.15, 0.2) is 121 Å². The summed E-state index contributed by atoms with van der Waals surface area (Å²) >= 11 is 0. The van der Waals surface area contributed by atoms with Gasteiger partial charge >= 0.3 is 0 Å². The first kappa shape index (κ1) is 24.4. The van der Waals surface area contributed by atoms with E-state index in [4.69, 9.17) is 0 Å². The highest BCUT2D eigenvalue weighted by Crippen LogP contribution is 2.44. The highest BCUT2D eigenvalue weighted by atomic mass is 31.2. The molecule has 0 atom stereocenters. The zero-order valence-corrected chi connectivity index (χ0v) is 21.3. The topological polar surface area (TPSA) is 37.4 Å². The van der Waals surface area contributed by atoms with Gasteiger partial charge in [-0.05, 0) is 7.05 Å². The second-order valence-corrected chi connectivity index (χ2v) is 14.5. The third kappa shape index (κ3) is 5.50. The molecule has 0 unspecified atom stereocenters. The van der Waals surface area contributed by atoms with Crippen molar-refractivity contribution in [3.8, 4) is 0 Å². The number of nitrogens with zero attached hydrogens (tertiary/aromatic N) is 1. The van der Waals surface area contributed by atoms with Gasteiger partial charge in [0.05, 0.1) is 0 Å². The molecule has 0 N–H and O–H groups in total. The number of rotatable bonds is 10. The monoisotopic (exact) mass is 487 g/mol. The average Bonchev–Trinajstić information content (AvgIpc) is 2.92. The third-order valence-electron chi connectivity index (χ3n) is 6.29. The fraction of sp³-hybridized carbons (Fsp3) is 0.172. The second kappa shape index (κ2) is 11.2. The highest BCUT2D eigenvalue weighted by Gasteiger charge is 2.29. The quantitative estimate of drug-likeness (QED) is 0.297. The summed E-state index contributed by atoms with van der Waals surface area (Å²) in [5.74, 6) is 0. The van der Waals surface area contributed by atoms with E-state index >= 15 is 0 Å². The average molecular weight is 488 g/mol. The van der Waals surface area contributed by atoms with Gasteiger partial charge in [0, 0.05) is 46.6 Å². The molecular formula is C29H31NO2P2. The van der Waals surface area contributed by atoms with Gasteiger partial charge in [0.15, 0.2) is 0 Å². The van der Waals surface area contributed by atoms with Crippen molar-refractivity contribution >= 4 is 35.5 Å². The Morgan fingerprint density at radius 3 is 0.941 bits per heavy atom. The maximum Gasteiger partial charge on any atom is 0.144 e. The fourth-order valence-corrected chi connectivity index (χ4v) is 9.71. The minimum absolute atomic E-state index is 0.540. The predicted octanol–water partition coefficient (Wildman–Crippen LogP) is 4.95. The molecule has 0 aliphatic carbocycles. The van der Waals surface area contributed by atoms with Crippen LogP contribution in [-0.4, -0.2) is 37.4 Å². The molecule has 0 bridgehead atoms. The lowest BCUT2D eigenvalue weighted by atomic mass is 10.4. The Morgan fingerprint density at radius 2 is 0.706 bits per heavy atom. The first-order valence-corrected chi connectivity index (χ1v) is 15.4. The van der Waals surface area contributed by atoms with Crippen LogP contribution in [0, 0.1) is 0 Å². The molecule has 3 nitrogen and oxygen atoms in total. The van der Waals surface area contributed by atoms with E-state index in [0.29, 0.717) is 25.4 Å². The summed E-state index contributed by atoms with van der Waals surface area (Å²) in [7, 11) is -3.51. The third-order valence-corrected chi connectivity index (χ3v) is 12.5.